The van der Waals surface area contributed by atoms with Gasteiger partial charge in [-0.25, -0.2) is 0 Å². The lowest BCUT2D eigenvalue weighted by molar-refractivity contribution is -0.116. The summed E-state index contributed by atoms with van der Waals surface area (Å²) in [6, 6.07) is 7.22. The van der Waals surface area contributed by atoms with Crippen molar-refractivity contribution in [1.82, 2.24) is 14.7 Å². The third kappa shape index (κ3) is 4.26. The summed E-state index contributed by atoms with van der Waals surface area (Å²) in [6.07, 6.45) is 5.51. The van der Waals surface area contributed by atoms with Gasteiger partial charge in [0.25, 0.3) is 5.91 Å². The van der Waals surface area contributed by atoms with Gasteiger partial charge in [-0.05, 0) is 55.5 Å². The van der Waals surface area contributed by atoms with Gasteiger partial charge in [0, 0.05) is 36.7 Å². The van der Waals surface area contributed by atoms with Crippen LogP contribution in [-0.2, 0) is 11.3 Å². The predicted molar refractivity (Wildman–Crippen MR) is 96.3 cm³/mol. The topological polar surface area (TPSA) is 67.2 Å². The number of nitrogens with zero attached hydrogens (tertiary/aromatic N) is 3. The molecule has 0 spiro atoms. The maximum atomic E-state index is 12.6. The maximum absolute atomic E-state index is 12.6. The van der Waals surface area contributed by atoms with Crippen molar-refractivity contribution >= 4 is 17.5 Å². The van der Waals surface area contributed by atoms with E-state index in [2.05, 4.69) is 17.3 Å². The number of benzene rings is 1. The van der Waals surface area contributed by atoms with Gasteiger partial charge in [0.1, 0.15) is 6.54 Å². The second kappa shape index (κ2) is 7.51. The number of nitrogens with one attached hydrogen (secondary N) is 1. The normalized spacial score (nSPS) is 15.2. The van der Waals surface area contributed by atoms with Gasteiger partial charge >= 0.3 is 0 Å². The Morgan fingerprint density at radius 3 is 2.68 bits per heavy atom. The highest BCUT2D eigenvalue weighted by Gasteiger charge is 2.21. The summed E-state index contributed by atoms with van der Waals surface area (Å²) in [6.45, 7) is 5.94. The van der Waals surface area contributed by atoms with Gasteiger partial charge in [-0.1, -0.05) is 6.92 Å². The first kappa shape index (κ1) is 17.2. The summed E-state index contributed by atoms with van der Waals surface area (Å²) >= 11 is 0. The van der Waals surface area contributed by atoms with Crippen LogP contribution in [0.25, 0.3) is 0 Å². The Kier molecular flexibility index (Phi) is 5.16. The molecule has 0 bridgehead atoms. The molecule has 0 aliphatic carbocycles. The molecule has 2 amide bonds. The first-order valence-electron chi connectivity index (χ1n) is 8.70. The number of carbonyl (C=O) groups is 2. The quantitative estimate of drug-likeness (QED) is 0.930. The molecular weight excluding hydrogens is 316 g/mol. The number of aryl methyl sites for hydroxylation is 1. The largest absolute Gasteiger partial charge is 0.339 e. The van der Waals surface area contributed by atoms with E-state index in [0.717, 1.165) is 37.2 Å². The zero-order chi connectivity index (χ0) is 17.8. The minimum atomic E-state index is -0.143. The third-order valence-electron chi connectivity index (χ3n) is 4.68. The molecule has 1 aliphatic heterocycles. The van der Waals surface area contributed by atoms with Crippen LogP contribution < -0.4 is 5.32 Å². The van der Waals surface area contributed by atoms with Gasteiger partial charge in [-0.2, -0.15) is 5.10 Å². The Bertz CT molecular complexity index is 747. The van der Waals surface area contributed by atoms with E-state index in [9.17, 15) is 9.59 Å². The zero-order valence-electron chi connectivity index (χ0n) is 14.7. The predicted octanol–water partition coefficient (Wildman–Crippen LogP) is 2.70. The lowest BCUT2D eigenvalue weighted by Crippen LogP contribution is -2.37. The van der Waals surface area contributed by atoms with Crippen molar-refractivity contribution in [2.24, 2.45) is 5.92 Å². The van der Waals surface area contributed by atoms with Crippen molar-refractivity contribution in [1.29, 1.82) is 0 Å². The Hall–Kier alpha value is -2.63. The molecule has 0 unspecified atom stereocenters. The molecule has 0 radical (unpaired) electrons. The Morgan fingerprint density at radius 1 is 1.28 bits per heavy atom. The van der Waals surface area contributed by atoms with Crippen LogP contribution in [0, 0.1) is 12.8 Å². The molecule has 2 heterocycles. The summed E-state index contributed by atoms with van der Waals surface area (Å²) < 4.78 is 1.57. The first-order chi connectivity index (χ1) is 12.0. The van der Waals surface area contributed by atoms with Crippen LogP contribution in [-0.4, -0.2) is 39.6 Å². The molecule has 132 valence electrons. The molecular formula is C19H24N4O2. The Morgan fingerprint density at radius 2 is 2.04 bits per heavy atom. The number of hydrogen-bond acceptors (Lipinski definition) is 3. The van der Waals surface area contributed by atoms with E-state index < -0.39 is 0 Å². The molecule has 1 aromatic heterocycles. The number of carbonyl (C=O) groups excluding carboxylic acids is 2. The lowest BCUT2D eigenvalue weighted by Gasteiger charge is -2.30. The van der Waals surface area contributed by atoms with E-state index in [-0.39, 0.29) is 18.4 Å². The van der Waals surface area contributed by atoms with Gasteiger partial charge in [0.15, 0.2) is 0 Å². The van der Waals surface area contributed by atoms with Gasteiger partial charge in [0.05, 0.1) is 0 Å². The van der Waals surface area contributed by atoms with Gasteiger partial charge in [0.2, 0.25) is 5.91 Å². The van der Waals surface area contributed by atoms with Crippen LogP contribution in [0.15, 0.2) is 36.7 Å². The van der Waals surface area contributed by atoms with Gasteiger partial charge in [-0.15, -0.1) is 0 Å². The summed E-state index contributed by atoms with van der Waals surface area (Å²) in [5.74, 6) is 0.624. The highest BCUT2D eigenvalue weighted by molar-refractivity contribution is 5.96. The summed E-state index contributed by atoms with van der Waals surface area (Å²) in [4.78, 5) is 26.6. The van der Waals surface area contributed by atoms with Crippen molar-refractivity contribution in [2.45, 2.75) is 33.2 Å². The summed E-state index contributed by atoms with van der Waals surface area (Å²) in [5, 5.41) is 6.90. The minimum Gasteiger partial charge on any atom is -0.339 e. The number of hydrogen-bond donors (Lipinski definition) is 1. The average molecular weight is 340 g/mol. The van der Waals surface area contributed by atoms with E-state index in [1.54, 1.807) is 35.3 Å². The second-order valence-electron chi connectivity index (χ2n) is 6.76. The molecule has 6 nitrogen and oxygen atoms in total. The van der Waals surface area contributed by atoms with Crippen molar-refractivity contribution in [3.63, 3.8) is 0 Å². The van der Waals surface area contributed by atoms with Crippen molar-refractivity contribution in [3.05, 3.63) is 47.8 Å². The van der Waals surface area contributed by atoms with E-state index >= 15 is 0 Å². The van der Waals surface area contributed by atoms with E-state index in [4.69, 9.17) is 0 Å². The van der Waals surface area contributed by atoms with Crippen LogP contribution >= 0.6 is 0 Å². The smallest absolute Gasteiger partial charge is 0.253 e. The van der Waals surface area contributed by atoms with Crippen LogP contribution in [0.5, 0.6) is 0 Å². The van der Waals surface area contributed by atoms with Gasteiger partial charge < -0.3 is 10.2 Å². The molecule has 6 heteroatoms. The van der Waals surface area contributed by atoms with E-state index in [1.807, 2.05) is 17.9 Å². The standard InChI is InChI=1S/C19H24N4O2/c1-14-6-10-22(11-7-14)19(25)16-4-5-17(15(2)12-16)21-18(24)13-23-9-3-8-20-23/h3-5,8-9,12,14H,6-7,10-11,13H2,1-2H3,(H,21,24). The van der Waals surface area contributed by atoms with Crippen molar-refractivity contribution in [2.75, 3.05) is 18.4 Å². The van der Waals surface area contributed by atoms with Crippen LogP contribution in [0.2, 0.25) is 0 Å². The highest BCUT2D eigenvalue weighted by Crippen LogP contribution is 2.21. The molecule has 1 fully saturated rings. The SMILES string of the molecule is Cc1cc(C(=O)N2CCC(C)CC2)ccc1NC(=O)Cn1cccn1. The van der Waals surface area contributed by atoms with Gasteiger partial charge in [-0.3, -0.25) is 14.3 Å². The molecule has 2 aromatic rings. The fraction of sp³-hybridized carbons (Fsp3) is 0.421. The number of likely N-dealkylation sites (tertiary alicyclic amines) is 1. The number of aromatic nitrogens is 2. The lowest BCUT2D eigenvalue weighted by atomic mass is 9.98. The molecule has 0 saturated carbocycles. The molecule has 1 aliphatic rings. The zero-order valence-corrected chi connectivity index (χ0v) is 14.7. The minimum absolute atomic E-state index is 0.0735. The molecule has 25 heavy (non-hydrogen) atoms. The molecule has 1 saturated heterocycles. The number of amides is 2. The number of anilines is 1. The first-order valence-corrected chi connectivity index (χ1v) is 8.70. The van der Waals surface area contributed by atoms with Crippen LogP contribution in [0.1, 0.15) is 35.7 Å². The Balaban J connectivity index is 1.64. The highest BCUT2D eigenvalue weighted by atomic mass is 16.2. The van der Waals surface area contributed by atoms with Crippen molar-refractivity contribution in [3.8, 4) is 0 Å². The fourth-order valence-corrected chi connectivity index (χ4v) is 3.06. The van der Waals surface area contributed by atoms with Crippen LogP contribution in [0.3, 0.4) is 0 Å². The van der Waals surface area contributed by atoms with Crippen molar-refractivity contribution < 1.29 is 9.59 Å². The average Bonchev–Trinajstić information content (AvgIpc) is 3.09. The van der Waals surface area contributed by atoms with Crippen LogP contribution in [0.4, 0.5) is 5.69 Å². The third-order valence-corrected chi connectivity index (χ3v) is 4.68. The van der Waals surface area contributed by atoms with E-state index in [1.165, 1.54) is 0 Å². The van der Waals surface area contributed by atoms with E-state index in [0.29, 0.717) is 11.5 Å². The number of piperidine rings is 1. The molecule has 3 rings (SSSR count). The monoisotopic (exact) mass is 340 g/mol. The summed E-state index contributed by atoms with van der Waals surface area (Å²) in [7, 11) is 0. The number of rotatable bonds is 4. The second-order valence-corrected chi connectivity index (χ2v) is 6.76. The molecule has 0 atom stereocenters. The molecule has 1 N–H and O–H groups in total. The molecule has 1 aromatic carbocycles. The maximum Gasteiger partial charge on any atom is 0.253 e. The summed E-state index contributed by atoms with van der Waals surface area (Å²) in [5.41, 5.74) is 2.28. The fourth-order valence-electron chi connectivity index (χ4n) is 3.06. The Labute approximate surface area is 147 Å².